The maximum Gasteiger partial charge on any atom is 0.306 e. The molecule has 0 saturated heterocycles. The summed E-state index contributed by atoms with van der Waals surface area (Å²) < 4.78 is 16.9. The van der Waals surface area contributed by atoms with Crippen LogP contribution < -0.4 is 0 Å². The molecule has 0 aliphatic heterocycles. The predicted octanol–water partition coefficient (Wildman–Crippen LogP) is 21.7. The van der Waals surface area contributed by atoms with Gasteiger partial charge in [-0.25, -0.2) is 0 Å². The zero-order valence-corrected chi connectivity index (χ0v) is 49.1. The van der Waals surface area contributed by atoms with Crippen molar-refractivity contribution in [3.05, 3.63) is 72.9 Å². The monoisotopic (exact) mass is 1030 g/mol. The number of carbonyl (C=O) groups is 3. The van der Waals surface area contributed by atoms with Gasteiger partial charge in [-0.05, 0) is 109 Å². The molecule has 1 unspecified atom stereocenters. The Morgan fingerprint density at radius 1 is 0.284 bits per heavy atom. The zero-order valence-electron chi connectivity index (χ0n) is 49.1. The maximum absolute atomic E-state index is 12.9. The summed E-state index contributed by atoms with van der Waals surface area (Å²) in [5.74, 6) is -0.884. The SMILES string of the molecule is CC/C=C\C/C=C\C/C=C\C/C=C\CCCCCCCCCCCCCCC(=O)OCC(COC(=O)CCCCCCC/C=C\CCCCCCCC)OC(=O)CCCCCCC/C=C\CCCCCCCCC. The van der Waals surface area contributed by atoms with Gasteiger partial charge in [0.25, 0.3) is 0 Å². The molecule has 6 heteroatoms. The van der Waals surface area contributed by atoms with Crippen molar-refractivity contribution in [2.45, 2.75) is 329 Å². The van der Waals surface area contributed by atoms with Crippen molar-refractivity contribution in [1.29, 1.82) is 0 Å². The molecule has 0 aliphatic rings. The highest BCUT2D eigenvalue weighted by atomic mass is 16.6. The number of esters is 3. The van der Waals surface area contributed by atoms with Crippen LogP contribution in [-0.4, -0.2) is 37.2 Å². The van der Waals surface area contributed by atoms with E-state index in [-0.39, 0.29) is 31.1 Å². The molecule has 1 atom stereocenters. The van der Waals surface area contributed by atoms with Gasteiger partial charge in [-0.3, -0.25) is 14.4 Å². The third-order valence-electron chi connectivity index (χ3n) is 13.9. The smallest absolute Gasteiger partial charge is 0.306 e. The highest BCUT2D eigenvalue weighted by Crippen LogP contribution is 2.16. The molecule has 0 heterocycles. The van der Waals surface area contributed by atoms with E-state index >= 15 is 0 Å². The Balaban J connectivity index is 4.32. The quantitative estimate of drug-likeness (QED) is 0.0261. The van der Waals surface area contributed by atoms with Crippen LogP contribution in [0.15, 0.2) is 72.9 Å². The lowest BCUT2D eigenvalue weighted by atomic mass is 10.0. The van der Waals surface area contributed by atoms with Gasteiger partial charge >= 0.3 is 17.9 Å². The van der Waals surface area contributed by atoms with Gasteiger partial charge in [-0.15, -0.1) is 0 Å². The molecular formula is C68H120O6. The van der Waals surface area contributed by atoms with E-state index in [1.54, 1.807) is 0 Å². The molecule has 0 aromatic heterocycles. The standard InChI is InChI=1S/C68H120O6/c1-4-7-10-13-16-19-22-25-28-30-31-32-33-34-35-36-37-38-41-43-46-49-52-55-58-61-67(70)73-64-65(63-72-66(69)60-57-54-51-48-45-42-39-27-24-21-18-15-12-9-6-3)74-68(71)62-59-56-53-50-47-44-40-29-26-23-20-17-14-11-8-5-2/h7,10,16,19,25,27-29,31-32,39-40,65H,4-6,8-9,11-15,17-18,20-24,26,30,33-38,41-64H2,1-3H3/b10-7-,19-16-,28-25-,32-31-,39-27-,40-29-. The van der Waals surface area contributed by atoms with Gasteiger partial charge in [0.15, 0.2) is 6.10 Å². The summed E-state index contributed by atoms with van der Waals surface area (Å²) in [5, 5.41) is 0. The molecule has 0 N–H and O–H groups in total. The Labute approximate surface area is 459 Å². The van der Waals surface area contributed by atoms with Crippen LogP contribution in [0.2, 0.25) is 0 Å². The first-order chi connectivity index (χ1) is 36.5. The number of unbranched alkanes of at least 4 members (excludes halogenated alkanes) is 35. The maximum atomic E-state index is 12.9. The van der Waals surface area contributed by atoms with Crippen LogP contribution in [0.3, 0.4) is 0 Å². The molecule has 0 radical (unpaired) electrons. The summed E-state index contributed by atoms with van der Waals surface area (Å²) in [6.45, 7) is 6.54. The van der Waals surface area contributed by atoms with Crippen LogP contribution in [0.4, 0.5) is 0 Å². The molecule has 0 rings (SSSR count). The van der Waals surface area contributed by atoms with Crippen molar-refractivity contribution in [3.8, 4) is 0 Å². The van der Waals surface area contributed by atoms with E-state index in [2.05, 4.69) is 93.7 Å². The molecule has 0 aliphatic carbocycles. The summed E-state index contributed by atoms with van der Waals surface area (Å²) >= 11 is 0. The first kappa shape index (κ1) is 70.8. The van der Waals surface area contributed by atoms with Gasteiger partial charge in [-0.2, -0.15) is 0 Å². The average Bonchev–Trinajstić information content (AvgIpc) is 3.40. The van der Waals surface area contributed by atoms with Crippen molar-refractivity contribution < 1.29 is 28.6 Å². The van der Waals surface area contributed by atoms with Crippen LogP contribution >= 0.6 is 0 Å². The van der Waals surface area contributed by atoms with Crippen LogP contribution in [-0.2, 0) is 28.6 Å². The van der Waals surface area contributed by atoms with Crippen molar-refractivity contribution in [3.63, 3.8) is 0 Å². The van der Waals surface area contributed by atoms with E-state index in [1.807, 2.05) is 0 Å². The Morgan fingerprint density at radius 2 is 0.527 bits per heavy atom. The number of hydrogen-bond donors (Lipinski definition) is 0. The number of rotatable bonds is 58. The lowest BCUT2D eigenvalue weighted by molar-refractivity contribution is -0.167. The highest BCUT2D eigenvalue weighted by Gasteiger charge is 2.19. The molecule has 0 aromatic rings. The second kappa shape index (κ2) is 62.4. The summed E-state index contributed by atoms with van der Waals surface area (Å²) in [6, 6.07) is 0. The van der Waals surface area contributed by atoms with E-state index in [0.717, 1.165) is 103 Å². The fourth-order valence-corrected chi connectivity index (χ4v) is 9.13. The minimum atomic E-state index is -0.784. The van der Waals surface area contributed by atoms with Gasteiger partial charge in [0.1, 0.15) is 13.2 Å². The lowest BCUT2D eigenvalue weighted by Crippen LogP contribution is -2.30. The van der Waals surface area contributed by atoms with Crippen molar-refractivity contribution in [2.24, 2.45) is 0 Å². The van der Waals surface area contributed by atoms with Gasteiger partial charge in [0, 0.05) is 19.3 Å². The van der Waals surface area contributed by atoms with Crippen molar-refractivity contribution >= 4 is 17.9 Å². The van der Waals surface area contributed by atoms with E-state index in [0.29, 0.717) is 19.3 Å². The highest BCUT2D eigenvalue weighted by molar-refractivity contribution is 5.71. The van der Waals surface area contributed by atoms with Gasteiger partial charge < -0.3 is 14.2 Å². The molecule has 428 valence electrons. The predicted molar refractivity (Wildman–Crippen MR) is 321 cm³/mol. The largest absolute Gasteiger partial charge is 0.462 e. The van der Waals surface area contributed by atoms with Crippen molar-refractivity contribution in [1.82, 2.24) is 0 Å². The first-order valence-electron chi connectivity index (χ1n) is 31.9. The Bertz CT molecular complexity index is 1370. The van der Waals surface area contributed by atoms with Crippen LogP contribution in [0.25, 0.3) is 0 Å². The second-order valence-corrected chi connectivity index (χ2v) is 21.3. The summed E-state index contributed by atoms with van der Waals surface area (Å²) in [6.07, 6.45) is 80.5. The number of carbonyl (C=O) groups excluding carboxylic acids is 3. The molecular weight excluding hydrogens is 913 g/mol. The average molecular weight is 1030 g/mol. The molecule has 0 aromatic carbocycles. The summed E-state index contributed by atoms with van der Waals surface area (Å²) in [5.41, 5.74) is 0. The normalized spacial score (nSPS) is 12.5. The third-order valence-corrected chi connectivity index (χ3v) is 13.9. The van der Waals surface area contributed by atoms with Crippen LogP contribution in [0.1, 0.15) is 323 Å². The summed E-state index contributed by atoms with van der Waals surface area (Å²) in [7, 11) is 0. The Hall–Kier alpha value is -3.15. The van der Waals surface area contributed by atoms with E-state index in [9.17, 15) is 14.4 Å². The van der Waals surface area contributed by atoms with Crippen LogP contribution in [0.5, 0.6) is 0 Å². The van der Waals surface area contributed by atoms with E-state index in [1.165, 1.54) is 180 Å². The molecule has 0 saturated carbocycles. The molecule has 0 amide bonds. The second-order valence-electron chi connectivity index (χ2n) is 21.3. The zero-order chi connectivity index (χ0) is 53.6. The number of hydrogen-bond acceptors (Lipinski definition) is 6. The first-order valence-corrected chi connectivity index (χ1v) is 31.9. The fraction of sp³-hybridized carbons (Fsp3) is 0.779. The Kier molecular flexibility index (Phi) is 59.7. The number of allylic oxidation sites excluding steroid dienone is 12. The third kappa shape index (κ3) is 59.7. The minimum absolute atomic E-state index is 0.0803. The van der Waals surface area contributed by atoms with Crippen LogP contribution in [0, 0.1) is 0 Å². The van der Waals surface area contributed by atoms with E-state index < -0.39 is 6.10 Å². The van der Waals surface area contributed by atoms with E-state index in [4.69, 9.17) is 14.2 Å². The Morgan fingerprint density at radius 3 is 0.838 bits per heavy atom. The number of ether oxygens (including phenoxy) is 3. The van der Waals surface area contributed by atoms with Gasteiger partial charge in [0.2, 0.25) is 0 Å². The lowest BCUT2D eigenvalue weighted by Gasteiger charge is -2.18. The topological polar surface area (TPSA) is 78.9 Å². The molecule has 0 spiro atoms. The summed E-state index contributed by atoms with van der Waals surface area (Å²) in [4.78, 5) is 38.3. The van der Waals surface area contributed by atoms with Crippen molar-refractivity contribution in [2.75, 3.05) is 13.2 Å². The van der Waals surface area contributed by atoms with Gasteiger partial charge in [-0.1, -0.05) is 267 Å². The molecule has 0 fully saturated rings. The fourth-order valence-electron chi connectivity index (χ4n) is 9.13. The molecule has 74 heavy (non-hydrogen) atoms. The molecule has 0 bridgehead atoms. The molecule has 6 nitrogen and oxygen atoms in total. The van der Waals surface area contributed by atoms with Gasteiger partial charge in [0.05, 0.1) is 0 Å². The minimum Gasteiger partial charge on any atom is -0.462 e.